The summed E-state index contributed by atoms with van der Waals surface area (Å²) < 4.78 is 2.30. The molecule has 0 amide bonds. The van der Waals surface area contributed by atoms with Crippen LogP contribution in [0, 0.1) is 6.92 Å². The summed E-state index contributed by atoms with van der Waals surface area (Å²) in [4.78, 5) is 4.31. The van der Waals surface area contributed by atoms with Crippen LogP contribution in [0.2, 0.25) is 0 Å². The summed E-state index contributed by atoms with van der Waals surface area (Å²) in [6, 6.07) is 8.40. The molecule has 1 aromatic carbocycles. The lowest BCUT2D eigenvalue weighted by atomic mass is 10.1. The van der Waals surface area contributed by atoms with Crippen molar-refractivity contribution >= 4 is 5.96 Å². The second-order valence-electron chi connectivity index (χ2n) is 6.52. The molecule has 134 valence electrons. The lowest BCUT2D eigenvalue weighted by molar-refractivity contribution is 0.600. The number of hydrogen-bond acceptors (Lipinski definition) is 3. The van der Waals surface area contributed by atoms with Gasteiger partial charge in [-0.1, -0.05) is 30.7 Å². The van der Waals surface area contributed by atoms with Gasteiger partial charge in [-0.25, -0.2) is 0 Å². The minimum atomic E-state index is 0.771. The highest BCUT2D eigenvalue weighted by Crippen LogP contribution is 2.14. The number of nitrogens with one attached hydrogen (secondary N) is 2. The molecule has 3 rings (SSSR count). The highest BCUT2D eigenvalue weighted by molar-refractivity contribution is 5.79. The maximum atomic E-state index is 4.38. The summed E-state index contributed by atoms with van der Waals surface area (Å²) in [5.41, 5.74) is 2.57. The van der Waals surface area contributed by atoms with E-state index < -0.39 is 0 Å². The third-order valence-corrected chi connectivity index (χ3v) is 4.76. The maximum Gasteiger partial charge on any atom is 0.191 e. The highest BCUT2D eigenvalue weighted by Gasteiger charge is 2.14. The molecule has 25 heavy (non-hydrogen) atoms. The van der Waals surface area contributed by atoms with Crippen molar-refractivity contribution in [1.29, 1.82) is 0 Å². The molecule has 0 radical (unpaired) electrons. The molecule has 6 nitrogen and oxygen atoms in total. The van der Waals surface area contributed by atoms with Crippen LogP contribution < -0.4 is 10.6 Å². The fourth-order valence-corrected chi connectivity index (χ4v) is 3.23. The van der Waals surface area contributed by atoms with Crippen LogP contribution in [-0.2, 0) is 25.9 Å². The molecule has 2 heterocycles. The largest absolute Gasteiger partial charge is 0.356 e. The predicted octanol–water partition coefficient (Wildman–Crippen LogP) is 2.22. The molecule has 2 aromatic rings. The number of aliphatic imine (C=N–C) groups is 1. The van der Waals surface area contributed by atoms with E-state index in [2.05, 4.69) is 61.6 Å². The summed E-state index contributed by atoms with van der Waals surface area (Å²) in [5.74, 6) is 3.05. The molecule has 0 bridgehead atoms. The Morgan fingerprint density at radius 3 is 2.88 bits per heavy atom. The van der Waals surface area contributed by atoms with E-state index in [0.717, 1.165) is 50.1 Å². The molecule has 2 N–H and O–H groups in total. The highest BCUT2D eigenvalue weighted by atomic mass is 15.3. The molecule has 0 unspecified atom stereocenters. The summed E-state index contributed by atoms with van der Waals surface area (Å²) in [7, 11) is 1.80. The van der Waals surface area contributed by atoms with Crippen molar-refractivity contribution in [2.24, 2.45) is 4.99 Å². The van der Waals surface area contributed by atoms with E-state index in [1.165, 1.54) is 30.4 Å². The number of guanidine groups is 1. The number of fused-ring (bicyclic) bond motifs is 1. The Labute approximate surface area is 149 Å². The van der Waals surface area contributed by atoms with Gasteiger partial charge in [-0.15, -0.1) is 10.2 Å². The molecule has 1 aromatic heterocycles. The average molecular weight is 340 g/mol. The number of aryl methyl sites for hydroxylation is 2. The zero-order chi connectivity index (χ0) is 17.5. The Kier molecular flexibility index (Phi) is 6.04. The third kappa shape index (κ3) is 4.59. The van der Waals surface area contributed by atoms with Crippen LogP contribution in [0.25, 0.3) is 0 Å². The van der Waals surface area contributed by atoms with Crippen LogP contribution in [-0.4, -0.2) is 34.3 Å². The maximum absolute atomic E-state index is 4.38. The molecular formula is C19H28N6. The van der Waals surface area contributed by atoms with Gasteiger partial charge in [0.25, 0.3) is 0 Å². The van der Waals surface area contributed by atoms with E-state index in [-0.39, 0.29) is 0 Å². The average Bonchev–Trinajstić information content (AvgIpc) is 2.86. The normalized spacial score (nSPS) is 14.7. The molecule has 0 fully saturated rings. The first-order valence-electron chi connectivity index (χ1n) is 9.18. The summed E-state index contributed by atoms with van der Waals surface area (Å²) in [6.45, 7) is 4.75. The van der Waals surface area contributed by atoms with Crippen LogP contribution in [0.1, 0.15) is 42.0 Å². The van der Waals surface area contributed by atoms with Crippen molar-refractivity contribution in [3.63, 3.8) is 0 Å². The third-order valence-electron chi connectivity index (χ3n) is 4.76. The smallest absolute Gasteiger partial charge is 0.191 e. The van der Waals surface area contributed by atoms with Gasteiger partial charge in [0.2, 0.25) is 0 Å². The van der Waals surface area contributed by atoms with Crippen molar-refractivity contribution in [3.8, 4) is 0 Å². The van der Waals surface area contributed by atoms with Gasteiger partial charge in [0.15, 0.2) is 5.96 Å². The summed E-state index contributed by atoms with van der Waals surface area (Å²) in [5, 5.41) is 15.5. The van der Waals surface area contributed by atoms with Crippen molar-refractivity contribution in [2.75, 3.05) is 13.6 Å². The number of hydrogen-bond donors (Lipinski definition) is 2. The van der Waals surface area contributed by atoms with Crippen LogP contribution in [0.5, 0.6) is 0 Å². The number of aromatic nitrogens is 3. The van der Waals surface area contributed by atoms with Gasteiger partial charge in [0, 0.05) is 39.5 Å². The molecule has 0 saturated heterocycles. The predicted molar refractivity (Wildman–Crippen MR) is 101 cm³/mol. The van der Waals surface area contributed by atoms with Gasteiger partial charge in [-0.3, -0.25) is 4.99 Å². The fraction of sp³-hybridized carbons (Fsp3) is 0.526. The van der Waals surface area contributed by atoms with Crippen molar-refractivity contribution in [1.82, 2.24) is 25.4 Å². The summed E-state index contributed by atoms with van der Waals surface area (Å²) in [6.07, 6.45) is 5.66. The van der Waals surface area contributed by atoms with Gasteiger partial charge < -0.3 is 15.2 Å². The van der Waals surface area contributed by atoms with E-state index in [9.17, 15) is 0 Å². The first kappa shape index (κ1) is 17.5. The van der Waals surface area contributed by atoms with E-state index in [1.807, 2.05) is 0 Å². The molecule has 6 heteroatoms. The zero-order valence-corrected chi connectivity index (χ0v) is 15.3. The molecule has 0 spiro atoms. The summed E-state index contributed by atoms with van der Waals surface area (Å²) >= 11 is 0. The van der Waals surface area contributed by atoms with Gasteiger partial charge >= 0.3 is 0 Å². The quantitative estimate of drug-likeness (QED) is 0.647. The lowest BCUT2D eigenvalue weighted by Gasteiger charge is -2.13. The van der Waals surface area contributed by atoms with Crippen LogP contribution in [0.4, 0.5) is 0 Å². The first-order valence-corrected chi connectivity index (χ1v) is 9.18. The lowest BCUT2D eigenvalue weighted by Crippen LogP contribution is -2.38. The van der Waals surface area contributed by atoms with Gasteiger partial charge in [0.05, 0.1) is 0 Å². The second-order valence-corrected chi connectivity index (χ2v) is 6.52. The Morgan fingerprint density at radius 1 is 1.16 bits per heavy atom. The van der Waals surface area contributed by atoms with Crippen molar-refractivity contribution < 1.29 is 0 Å². The van der Waals surface area contributed by atoms with Gasteiger partial charge in [-0.2, -0.15) is 0 Å². The number of benzene rings is 1. The van der Waals surface area contributed by atoms with E-state index >= 15 is 0 Å². The minimum Gasteiger partial charge on any atom is -0.356 e. The van der Waals surface area contributed by atoms with E-state index in [4.69, 9.17) is 0 Å². The van der Waals surface area contributed by atoms with Crippen molar-refractivity contribution in [3.05, 3.63) is 47.0 Å². The Balaban J connectivity index is 1.49. The standard InChI is InChI=1S/C19H28N6/c1-15-8-5-6-9-16(15)14-22-19(20-2)21-12-11-18-24-23-17-10-4-3-7-13-25(17)18/h5-6,8-9H,3-4,7,10-14H2,1-2H3,(H2,20,21,22). The second kappa shape index (κ2) is 8.65. The molecule has 1 aliphatic heterocycles. The Bertz CT molecular complexity index is 718. The van der Waals surface area contributed by atoms with E-state index in [1.54, 1.807) is 7.05 Å². The molecule has 1 aliphatic rings. The Hall–Kier alpha value is -2.37. The number of rotatable bonds is 5. The molecule has 0 atom stereocenters. The topological polar surface area (TPSA) is 67.1 Å². The van der Waals surface area contributed by atoms with Gasteiger partial charge in [0.1, 0.15) is 11.6 Å². The van der Waals surface area contributed by atoms with Gasteiger partial charge in [-0.05, 0) is 30.9 Å². The Morgan fingerprint density at radius 2 is 2.04 bits per heavy atom. The fourth-order valence-electron chi connectivity index (χ4n) is 3.23. The SMILES string of the molecule is CN=C(NCCc1nnc2n1CCCCC2)NCc1ccccc1C. The molecular weight excluding hydrogens is 312 g/mol. The molecule has 0 saturated carbocycles. The van der Waals surface area contributed by atoms with Crippen LogP contribution in [0.15, 0.2) is 29.3 Å². The monoisotopic (exact) mass is 340 g/mol. The number of nitrogens with zero attached hydrogens (tertiary/aromatic N) is 4. The van der Waals surface area contributed by atoms with Crippen LogP contribution in [0.3, 0.4) is 0 Å². The molecule has 0 aliphatic carbocycles. The first-order chi connectivity index (χ1) is 12.3. The zero-order valence-electron chi connectivity index (χ0n) is 15.3. The van der Waals surface area contributed by atoms with Crippen LogP contribution >= 0.6 is 0 Å². The minimum absolute atomic E-state index is 0.771. The van der Waals surface area contributed by atoms with E-state index in [0.29, 0.717) is 0 Å². The van der Waals surface area contributed by atoms with Crippen molar-refractivity contribution in [2.45, 2.75) is 52.1 Å².